The summed E-state index contributed by atoms with van der Waals surface area (Å²) >= 11 is 0. The van der Waals surface area contributed by atoms with Gasteiger partial charge in [0.2, 0.25) is 0 Å². The van der Waals surface area contributed by atoms with Crippen molar-refractivity contribution in [3.8, 4) is 11.5 Å². The highest BCUT2D eigenvalue weighted by Crippen LogP contribution is 2.28. The molecule has 0 spiro atoms. The van der Waals surface area contributed by atoms with E-state index in [1.165, 1.54) is 13.2 Å². The molecule has 1 aromatic carbocycles. The van der Waals surface area contributed by atoms with Crippen molar-refractivity contribution in [3.63, 3.8) is 0 Å². The number of ether oxygens (including phenoxy) is 2. The van der Waals surface area contributed by atoms with E-state index in [0.29, 0.717) is 36.5 Å². The normalized spacial score (nSPS) is 10.4. The van der Waals surface area contributed by atoms with E-state index < -0.39 is 5.97 Å². The van der Waals surface area contributed by atoms with Crippen LogP contribution in [-0.4, -0.2) is 31.1 Å². The van der Waals surface area contributed by atoms with Crippen molar-refractivity contribution >= 4 is 18.3 Å². The minimum atomic E-state index is -1.01. The van der Waals surface area contributed by atoms with E-state index in [2.05, 4.69) is 0 Å². The molecule has 0 radical (unpaired) electrons. The molecule has 5 heteroatoms. The molecule has 19 heavy (non-hydrogen) atoms. The Kier molecular flexibility index (Phi) is 6.15. The zero-order valence-corrected chi connectivity index (χ0v) is 10.7. The molecule has 1 aromatic rings. The number of carbonyl (C=O) groups is 2. The molecule has 5 nitrogen and oxygen atoms in total. The Morgan fingerprint density at radius 1 is 1.37 bits per heavy atom. The summed E-state index contributed by atoms with van der Waals surface area (Å²) in [7, 11) is 1.51. The first kappa shape index (κ1) is 14.8. The average molecular weight is 264 g/mol. The minimum Gasteiger partial charge on any atom is -0.493 e. The molecule has 0 fully saturated rings. The van der Waals surface area contributed by atoms with E-state index >= 15 is 0 Å². The van der Waals surface area contributed by atoms with Gasteiger partial charge in [-0.15, -0.1) is 0 Å². The number of carboxylic acids is 1. The maximum absolute atomic E-state index is 10.4. The Bertz CT molecular complexity index is 465. The molecule has 0 aliphatic carbocycles. The van der Waals surface area contributed by atoms with Crippen LogP contribution < -0.4 is 9.47 Å². The fourth-order valence-corrected chi connectivity index (χ4v) is 1.42. The van der Waals surface area contributed by atoms with E-state index in [-0.39, 0.29) is 0 Å². The predicted octanol–water partition coefficient (Wildman–Crippen LogP) is 2.15. The number of rotatable bonds is 8. The topological polar surface area (TPSA) is 72.8 Å². The molecule has 0 amide bonds. The summed E-state index contributed by atoms with van der Waals surface area (Å²) in [6.45, 7) is 0.430. The zero-order valence-electron chi connectivity index (χ0n) is 10.7. The number of aldehydes is 1. The first-order chi connectivity index (χ1) is 9.17. The van der Waals surface area contributed by atoms with Gasteiger partial charge in [0.1, 0.15) is 6.29 Å². The summed E-state index contributed by atoms with van der Waals surface area (Å²) in [6, 6.07) is 5.13. The lowest BCUT2D eigenvalue weighted by Gasteiger charge is -2.10. The largest absolute Gasteiger partial charge is 0.493 e. The molecule has 0 saturated heterocycles. The smallest absolute Gasteiger partial charge is 0.328 e. The number of aliphatic carboxylic acids is 1. The molecule has 1 N–H and O–H groups in total. The fraction of sp³-hybridized carbons (Fsp3) is 0.286. The molecule has 0 bridgehead atoms. The van der Waals surface area contributed by atoms with E-state index in [1.54, 1.807) is 18.2 Å². The third kappa shape index (κ3) is 5.25. The van der Waals surface area contributed by atoms with Gasteiger partial charge in [0.15, 0.2) is 11.5 Å². The van der Waals surface area contributed by atoms with Crippen molar-refractivity contribution in [3.05, 3.63) is 29.8 Å². The number of hydrogen-bond acceptors (Lipinski definition) is 4. The van der Waals surface area contributed by atoms with Crippen LogP contribution in [0.3, 0.4) is 0 Å². The Labute approximate surface area is 111 Å². The van der Waals surface area contributed by atoms with E-state index in [1.807, 2.05) is 0 Å². The molecule has 0 aromatic heterocycles. The van der Waals surface area contributed by atoms with E-state index in [4.69, 9.17) is 14.6 Å². The van der Waals surface area contributed by atoms with Crippen LogP contribution in [0.5, 0.6) is 11.5 Å². The molecule has 0 saturated carbocycles. The van der Waals surface area contributed by atoms with Crippen LogP contribution in [0.2, 0.25) is 0 Å². The van der Waals surface area contributed by atoms with Crippen molar-refractivity contribution in [1.82, 2.24) is 0 Å². The summed E-state index contributed by atoms with van der Waals surface area (Å²) < 4.78 is 10.7. The van der Waals surface area contributed by atoms with E-state index in [9.17, 15) is 9.59 Å². The van der Waals surface area contributed by atoms with Gasteiger partial charge in [-0.25, -0.2) is 4.79 Å². The summed E-state index contributed by atoms with van der Waals surface area (Å²) in [4.78, 5) is 20.6. The van der Waals surface area contributed by atoms with Crippen LogP contribution in [0.4, 0.5) is 0 Å². The van der Waals surface area contributed by atoms with Gasteiger partial charge in [-0.2, -0.15) is 0 Å². The van der Waals surface area contributed by atoms with Gasteiger partial charge in [0, 0.05) is 12.5 Å². The lowest BCUT2D eigenvalue weighted by atomic mass is 10.2. The minimum absolute atomic E-state index is 0.430. The Balaban J connectivity index is 2.72. The van der Waals surface area contributed by atoms with Gasteiger partial charge in [0.05, 0.1) is 13.7 Å². The standard InChI is InChI=1S/C14H16O5/c1-18-13-10-11(5-7-14(16)17)4-6-12(13)19-9-3-2-8-15/h4-8,10H,2-3,9H2,1H3,(H,16,17)/b7-5+. The molecule has 0 heterocycles. The number of benzene rings is 1. The Hall–Kier alpha value is -2.30. The molecular weight excluding hydrogens is 248 g/mol. The van der Waals surface area contributed by atoms with Crippen LogP contribution in [-0.2, 0) is 9.59 Å². The third-order valence-electron chi connectivity index (χ3n) is 2.33. The molecule has 102 valence electrons. The van der Waals surface area contributed by atoms with Gasteiger partial charge >= 0.3 is 5.97 Å². The third-order valence-corrected chi connectivity index (χ3v) is 2.33. The first-order valence-corrected chi connectivity index (χ1v) is 5.83. The van der Waals surface area contributed by atoms with Crippen LogP contribution >= 0.6 is 0 Å². The Morgan fingerprint density at radius 2 is 2.16 bits per heavy atom. The van der Waals surface area contributed by atoms with Gasteiger partial charge in [-0.3, -0.25) is 0 Å². The van der Waals surface area contributed by atoms with Gasteiger partial charge in [-0.1, -0.05) is 6.07 Å². The van der Waals surface area contributed by atoms with Crippen LogP contribution in [0.25, 0.3) is 6.08 Å². The summed E-state index contributed by atoms with van der Waals surface area (Å²) in [5.74, 6) is 0.0904. The van der Waals surface area contributed by atoms with Gasteiger partial charge in [0.25, 0.3) is 0 Å². The molecule has 0 atom stereocenters. The lowest BCUT2D eigenvalue weighted by molar-refractivity contribution is -0.131. The highest BCUT2D eigenvalue weighted by Gasteiger charge is 2.04. The monoisotopic (exact) mass is 264 g/mol. The van der Waals surface area contributed by atoms with Crippen molar-refractivity contribution in [1.29, 1.82) is 0 Å². The summed E-state index contributed by atoms with van der Waals surface area (Å²) in [6.07, 6.45) is 4.48. The highest BCUT2D eigenvalue weighted by molar-refractivity contribution is 5.85. The van der Waals surface area contributed by atoms with Crippen molar-refractivity contribution in [2.45, 2.75) is 12.8 Å². The number of unbranched alkanes of at least 4 members (excludes halogenated alkanes) is 1. The lowest BCUT2D eigenvalue weighted by Crippen LogP contribution is -1.99. The maximum atomic E-state index is 10.4. The second-order valence-corrected chi connectivity index (χ2v) is 3.74. The second-order valence-electron chi connectivity index (χ2n) is 3.74. The molecule has 0 aliphatic rings. The van der Waals surface area contributed by atoms with Crippen LogP contribution in [0, 0.1) is 0 Å². The Morgan fingerprint density at radius 3 is 2.79 bits per heavy atom. The first-order valence-electron chi connectivity index (χ1n) is 5.83. The van der Waals surface area contributed by atoms with Crippen LogP contribution in [0.1, 0.15) is 18.4 Å². The van der Waals surface area contributed by atoms with Crippen LogP contribution in [0.15, 0.2) is 24.3 Å². The average Bonchev–Trinajstić information content (AvgIpc) is 2.42. The summed E-state index contributed by atoms with van der Waals surface area (Å²) in [5.41, 5.74) is 0.708. The number of hydrogen-bond donors (Lipinski definition) is 1. The zero-order chi connectivity index (χ0) is 14.1. The quantitative estimate of drug-likeness (QED) is 0.442. The molecule has 1 rings (SSSR count). The van der Waals surface area contributed by atoms with Crippen molar-refractivity contribution in [2.24, 2.45) is 0 Å². The second kappa shape index (κ2) is 7.92. The number of carbonyl (C=O) groups excluding carboxylic acids is 1. The van der Waals surface area contributed by atoms with Crippen molar-refractivity contribution < 1.29 is 24.2 Å². The van der Waals surface area contributed by atoms with Gasteiger partial charge < -0.3 is 19.4 Å². The van der Waals surface area contributed by atoms with E-state index in [0.717, 1.165) is 12.4 Å². The predicted molar refractivity (Wildman–Crippen MR) is 70.5 cm³/mol. The maximum Gasteiger partial charge on any atom is 0.328 e. The number of carboxylic acid groups (broad SMARTS) is 1. The fourth-order valence-electron chi connectivity index (χ4n) is 1.42. The SMILES string of the molecule is COc1cc(/C=C/C(=O)O)ccc1OCCCC=O. The summed E-state index contributed by atoms with van der Waals surface area (Å²) in [5, 5.41) is 8.55. The number of methoxy groups -OCH3 is 1. The molecular formula is C14H16O5. The van der Waals surface area contributed by atoms with Crippen molar-refractivity contribution in [2.75, 3.05) is 13.7 Å². The van der Waals surface area contributed by atoms with Gasteiger partial charge in [-0.05, 0) is 30.2 Å². The highest BCUT2D eigenvalue weighted by atomic mass is 16.5. The molecule has 0 unspecified atom stereocenters. The molecule has 0 aliphatic heterocycles.